The smallest absolute Gasteiger partial charge is 0.417 e. The summed E-state index contributed by atoms with van der Waals surface area (Å²) >= 11 is 0. The molecule has 0 saturated carbocycles. The van der Waals surface area contributed by atoms with E-state index in [0.717, 1.165) is 0 Å². The summed E-state index contributed by atoms with van der Waals surface area (Å²) in [6.45, 7) is 0. The lowest BCUT2D eigenvalue weighted by molar-refractivity contribution is -0.143. The highest BCUT2D eigenvalue weighted by Crippen LogP contribution is 2.50. The summed E-state index contributed by atoms with van der Waals surface area (Å²) in [5.41, 5.74) is -8.04. The number of carbonyl (C=O) groups is 2. The SMILES string of the molecule is COc1cccc(OC)c1C(=O)P(C(=O)c1c(C(F)(F)F)cccc1C(F)(F)F)c1ccccc1. The Morgan fingerprint density at radius 2 is 1.06 bits per heavy atom. The van der Waals surface area contributed by atoms with Gasteiger partial charge in [0.25, 0.3) is 0 Å². The normalized spacial score (nSPS) is 12.7. The highest BCUT2D eigenvalue weighted by atomic mass is 31.1. The molecule has 0 aromatic heterocycles. The third-order valence-corrected chi connectivity index (χ3v) is 7.03. The second-order valence-electron chi connectivity index (χ2n) is 7.04. The lowest BCUT2D eigenvalue weighted by Gasteiger charge is -2.23. The lowest BCUT2D eigenvalue weighted by Crippen LogP contribution is -2.24. The Kier molecular flexibility index (Phi) is 7.55. The molecule has 1 atom stereocenters. The number of alkyl halides is 6. The topological polar surface area (TPSA) is 52.6 Å². The summed E-state index contributed by atoms with van der Waals surface area (Å²) in [6.07, 6.45) is -10.6. The number of benzene rings is 3. The van der Waals surface area contributed by atoms with E-state index in [0.29, 0.717) is 18.2 Å². The van der Waals surface area contributed by atoms with Gasteiger partial charge in [0, 0.05) is 5.56 Å². The van der Waals surface area contributed by atoms with E-state index >= 15 is 0 Å². The zero-order valence-electron chi connectivity index (χ0n) is 18.2. The quantitative estimate of drug-likeness (QED) is 0.266. The van der Waals surface area contributed by atoms with Crippen molar-refractivity contribution in [1.29, 1.82) is 0 Å². The van der Waals surface area contributed by atoms with Gasteiger partial charge < -0.3 is 9.47 Å². The van der Waals surface area contributed by atoms with Crippen LogP contribution in [0.5, 0.6) is 11.5 Å². The van der Waals surface area contributed by atoms with E-state index in [4.69, 9.17) is 9.47 Å². The van der Waals surface area contributed by atoms with Crippen molar-refractivity contribution in [3.05, 3.63) is 89.0 Å². The van der Waals surface area contributed by atoms with Crippen molar-refractivity contribution in [3.63, 3.8) is 0 Å². The van der Waals surface area contributed by atoms with Crippen LogP contribution in [0.1, 0.15) is 31.8 Å². The average Bonchev–Trinajstić information content (AvgIpc) is 2.82. The minimum Gasteiger partial charge on any atom is -0.496 e. The highest BCUT2D eigenvalue weighted by molar-refractivity contribution is 7.96. The molecule has 0 bridgehead atoms. The van der Waals surface area contributed by atoms with Crippen molar-refractivity contribution in [2.24, 2.45) is 0 Å². The average molecular weight is 514 g/mol. The first-order valence-electron chi connectivity index (χ1n) is 9.84. The number of ether oxygens (including phenoxy) is 2. The first-order chi connectivity index (χ1) is 16.4. The zero-order valence-corrected chi connectivity index (χ0v) is 19.1. The van der Waals surface area contributed by atoms with Crippen molar-refractivity contribution in [2.45, 2.75) is 12.4 Å². The van der Waals surface area contributed by atoms with E-state index in [9.17, 15) is 35.9 Å². The predicted octanol–water partition coefficient (Wildman–Crippen LogP) is 6.53. The van der Waals surface area contributed by atoms with Crippen LogP contribution in [0.2, 0.25) is 0 Å². The van der Waals surface area contributed by atoms with E-state index in [1.165, 1.54) is 62.8 Å². The molecule has 0 N–H and O–H groups in total. The minimum absolute atomic E-state index is 0.0319. The summed E-state index contributed by atoms with van der Waals surface area (Å²) < 4.78 is 93.0. The third kappa shape index (κ3) is 5.32. The van der Waals surface area contributed by atoms with Crippen molar-refractivity contribution < 1.29 is 45.4 Å². The van der Waals surface area contributed by atoms with Gasteiger partial charge in [-0.1, -0.05) is 42.5 Å². The summed E-state index contributed by atoms with van der Waals surface area (Å²) in [5, 5.41) is -0.0319. The molecular weight excluding hydrogens is 497 g/mol. The van der Waals surface area contributed by atoms with E-state index < -0.39 is 48.0 Å². The molecule has 0 aliphatic rings. The third-order valence-electron chi connectivity index (χ3n) is 4.95. The maximum atomic E-state index is 13.8. The van der Waals surface area contributed by atoms with Crippen LogP contribution >= 0.6 is 7.92 Å². The number of hydrogen-bond acceptors (Lipinski definition) is 4. The standard InChI is InChI=1S/C24H17F6O4P/c1-33-17-12-7-13-18(34-2)20(17)22(32)35(14-8-4-3-5-9-14)21(31)19-15(23(25,26)27)10-6-11-16(19)24(28,29)30/h3-13H,1-2H3. The number of rotatable bonds is 7. The Labute approximate surface area is 197 Å². The molecule has 184 valence electrons. The van der Waals surface area contributed by atoms with Crippen LogP contribution in [0.25, 0.3) is 0 Å². The maximum absolute atomic E-state index is 13.8. The van der Waals surface area contributed by atoms with Gasteiger partial charge in [-0.2, -0.15) is 26.3 Å². The molecule has 0 amide bonds. The molecule has 11 heteroatoms. The first kappa shape index (κ1) is 26.2. The molecule has 1 unspecified atom stereocenters. The summed E-state index contributed by atoms with van der Waals surface area (Å²) in [7, 11) is -0.497. The molecule has 3 aromatic carbocycles. The number of hydrogen-bond donors (Lipinski definition) is 0. The van der Waals surface area contributed by atoms with Gasteiger partial charge in [0.1, 0.15) is 17.1 Å². The summed E-state index contributed by atoms with van der Waals surface area (Å²) in [5.74, 6) is -0.100. The monoisotopic (exact) mass is 514 g/mol. The van der Waals surface area contributed by atoms with Gasteiger partial charge in [0.15, 0.2) is 5.52 Å². The van der Waals surface area contributed by atoms with Crippen molar-refractivity contribution >= 4 is 24.3 Å². The molecule has 35 heavy (non-hydrogen) atoms. The van der Waals surface area contributed by atoms with Crippen LogP contribution < -0.4 is 14.8 Å². The van der Waals surface area contributed by atoms with E-state index in [1.54, 1.807) is 0 Å². The Morgan fingerprint density at radius 3 is 1.49 bits per heavy atom. The molecule has 4 nitrogen and oxygen atoms in total. The van der Waals surface area contributed by atoms with Gasteiger partial charge in [0.05, 0.1) is 33.3 Å². The van der Waals surface area contributed by atoms with E-state index in [1.807, 2.05) is 0 Å². The fraction of sp³-hybridized carbons (Fsp3) is 0.167. The van der Waals surface area contributed by atoms with Gasteiger partial charge >= 0.3 is 12.4 Å². The maximum Gasteiger partial charge on any atom is 0.417 e. The fourth-order valence-corrected chi connectivity index (χ4v) is 5.48. The van der Waals surface area contributed by atoms with Crippen molar-refractivity contribution in [2.75, 3.05) is 14.2 Å². The van der Waals surface area contributed by atoms with Gasteiger partial charge in [0.2, 0.25) is 5.52 Å². The highest BCUT2D eigenvalue weighted by Gasteiger charge is 2.46. The lowest BCUT2D eigenvalue weighted by atomic mass is 10.0. The Hall–Kier alpha value is -3.39. The fourth-order valence-electron chi connectivity index (χ4n) is 3.44. The second-order valence-corrected chi connectivity index (χ2v) is 9.04. The van der Waals surface area contributed by atoms with Gasteiger partial charge in [-0.25, -0.2) is 0 Å². The molecule has 3 rings (SSSR count). The summed E-state index contributed by atoms with van der Waals surface area (Å²) in [6, 6.07) is 12.5. The molecule has 0 aliphatic carbocycles. The Morgan fingerprint density at radius 1 is 0.629 bits per heavy atom. The second kappa shape index (κ2) is 10.1. The molecule has 0 radical (unpaired) electrons. The van der Waals surface area contributed by atoms with Crippen LogP contribution in [0.3, 0.4) is 0 Å². The molecule has 0 saturated heterocycles. The van der Waals surface area contributed by atoms with E-state index in [2.05, 4.69) is 0 Å². The molecule has 3 aromatic rings. The minimum atomic E-state index is -5.28. The number of methoxy groups -OCH3 is 2. The Balaban J connectivity index is 2.34. The number of carbonyl (C=O) groups excluding carboxylic acids is 2. The zero-order chi connectivity index (χ0) is 26.0. The van der Waals surface area contributed by atoms with Gasteiger partial charge in [-0.05, 0) is 29.6 Å². The van der Waals surface area contributed by atoms with Crippen molar-refractivity contribution in [1.82, 2.24) is 0 Å². The molecule has 0 fully saturated rings. The van der Waals surface area contributed by atoms with Gasteiger partial charge in [-0.3, -0.25) is 9.59 Å². The molecule has 0 spiro atoms. The largest absolute Gasteiger partial charge is 0.496 e. The van der Waals surface area contributed by atoms with Gasteiger partial charge in [-0.15, -0.1) is 0 Å². The van der Waals surface area contributed by atoms with Crippen LogP contribution in [0, 0.1) is 0 Å². The predicted molar refractivity (Wildman–Crippen MR) is 118 cm³/mol. The molecule has 0 heterocycles. The van der Waals surface area contributed by atoms with Crippen molar-refractivity contribution in [3.8, 4) is 11.5 Å². The molecule has 0 aliphatic heterocycles. The van der Waals surface area contributed by atoms with Crippen LogP contribution in [-0.2, 0) is 12.4 Å². The van der Waals surface area contributed by atoms with Crippen LogP contribution in [-0.4, -0.2) is 25.3 Å². The van der Waals surface area contributed by atoms with Crippen LogP contribution in [0.4, 0.5) is 26.3 Å². The van der Waals surface area contributed by atoms with E-state index in [-0.39, 0.29) is 22.4 Å². The summed E-state index contributed by atoms with van der Waals surface area (Å²) in [4.78, 5) is 27.3. The number of halogens is 6. The molecular formula is C24H17F6O4P. The first-order valence-corrected chi connectivity index (χ1v) is 11.2. The van der Waals surface area contributed by atoms with Crippen LogP contribution in [0.15, 0.2) is 66.7 Å². The Bertz CT molecular complexity index is 1180.